The lowest BCUT2D eigenvalue weighted by atomic mass is 9.52. The van der Waals surface area contributed by atoms with Crippen LogP contribution >= 0.6 is 0 Å². The van der Waals surface area contributed by atoms with Crippen molar-refractivity contribution in [3.05, 3.63) is 59.8 Å². The molecule has 1 heterocycles. The third kappa shape index (κ3) is 3.53. The molecule has 4 saturated carbocycles. The second-order valence-electron chi connectivity index (χ2n) is 9.26. The van der Waals surface area contributed by atoms with E-state index in [1.54, 1.807) is 12.3 Å². The van der Waals surface area contributed by atoms with Crippen LogP contribution in [0.15, 0.2) is 47.1 Å². The zero-order valence-corrected chi connectivity index (χ0v) is 16.9. The van der Waals surface area contributed by atoms with Gasteiger partial charge in [-0.15, -0.1) is 0 Å². The summed E-state index contributed by atoms with van der Waals surface area (Å²) >= 11 is 0. The number of amides is 1. The molecule has 5 nitrogen and oxygen atoms in total. The predicted octanol–water partition coefficient (Wildman–Crippen LogP) is 4.57. The van der Waals surface area contributed by atoms with Crippen LogP contribution in [0, 0.1) is 23.6 Å². The number of hydrogen-bond donors (Lipinski definition) is 0. The second kappa shape index (κ2) is 7.56. The number of rotatable bonds is 6. The summed E-state index contributed by atoms with van der Waals surface area (Å²) < 4.78 is 24.6. The fraction of sp³-hybridized carbons (Fsp3) is 0.500. The van der Waals surface area contributed by atoms with Gasteiger partial charge in [0.25, 0.3) is 5.91 Å². The van der Waals surface area contributed by atoms with Crippen molar-refractivity contribution in [2.45, 2.75) is 50.6 Å². The van der Waals surface area contributed by atoms with E-state index in [0.717, 1.165) is 25.0 Å². The molecule has 1 aromatic heterocycles. The van der Waals surface area contributed by atoms with Crippen LogP contribution in [0.3, 0.4) is 0 Å². The molecule has 4 aliphatic carbocycles. The fourth-order valence-corrected chi connectivity index (χ4v) is 6.38. The zero-order chi connectivity index (χ0) is 20.7. The summed E-state index contributed by atoms with van der Waals surface area (Å²) in [7, 11) is 0. The van der Waals surface area contributed by atoms with Gasteiger partial charge in [-0.05, 0) is 80.5 Å². The molecule has 0 radical (unpaired) electrons. The molecule has 4 aliphatic rings. The molecule has 158 valence electrons. The van der Waals surface area contributed by atoms with Crippen molar-refractivity contribution in [1.29, 1.82) is 0 Å². The number of ether oxygens (including phenoxy) is 1. The second-order valence-corrected chi connectivity index (χ2v) is 9.26. The van der Waals surface area contributed by atoms with Gasteiger partial charge in [0.2, 0.25) is 0 Å². The summed E-state index contributed by atoms with van der Waals surface area (Å²) in [6.45, 7) is -0.0229. The minimum absolute atomic E-state index is 0.155. The first kappa shape index (κ1) is 19.3. The Hall–Kier alpha value is -2.63. The predicted molar refractivity (Wildman–Crippen MR) is 107 cm³/mol. The molecular formula is C24H26FNO4. The van der Waals surface area contributed by atoms with Crippen LogP contribution in [-0.4, -0.2) is 28.9 Å². The SMILES string of the molecule is O=C(OCC(=O)N(Cc1ccco1)C12CC3CC(CC(C3)C1)C2)c1ccccc1F. The van der Waals surface area contributed by atoms with Crippen molar-refractivity contribution in [1.82, 2.24) is 4.90 Å². The van der Waals surface area contributed by atoms with Gasteiger partial charge in [0, 0.05) is 5.54 Å². The van der Waals surface area contributed by atoms with Gasteiger partial charge in [-0.25, -0.2) is 9.18 Å². The van der Waals surface area contributed by atoms with E-state index in [4.69, 9.17) is 9.15 Å². The highest BCUT2D eigenvalue weighted by atomic mass is 19.1. The quantitative estimate of drug-likeness (QED) is 0.653. The molecule has 6 rings (SSSR count). The van der Waals surface area contributed by atoms with Crippen molar-refractivity contribution < 1.29 is 23.1 Å². The number of hydrogen-bond acceptors (Lipinski definition) is 4. The monoisotopic (exact) mass is 411 g/mol. The maximum Gasteiger partial charge on any atom is 0.341 e. The third-order valence-electron chi connectivity index (χ3n) is 7.19. The Morgan fingerprint density at radius 2 is 1.70 bits per heavy atom. The molecule has 0 atom stereocenters. The number of furan rings is 1. The van der Waals surface area contributed by atoms with Crippen LogP contribution in [0.2, 0.25) is 0 Å². The molecule has 4 bridgehead atoms. The molecule has 1 aromatic carbocycles. The average Bonchev–Trinajstić information content (AvgIpc) is 3.22. The Bertz CT molecular complexity index is 903. The molecule has 30 heavy (non-hydrogen) atoms. The van der Waals surface area contributed by atoms with Gasteiger partial charge in [0.05, 0.1) is 18.4 Å². The molecule has 0 N–H and O–H groups in total. The lowest BCUT2D eigenvalue weighted by Crippen LogP contribution is -2.61. The van der Waals surface area contributed by atoms with Crippen LogP contribution in [0.1, 0.15) is 54.6 Å². The summed E-state index contributed by atoms with van der Waals surface area (Å²) in [5.41, 5.74) is -0.346. The van der Waals surface area contributed by atoms with E-state index in [2.05, 4.69) is 0 Å². The topological polar surface area (TPSA) is 59.8 Å². The summed E-state index contributed by atoms with van der Waals surface area (Å²) in [5, 5.41) is 0. The van der Waals surface area contributed by atoms with Gasteiger partial charge in [0.15, 0.2) is 6.61 Å². The van der Waals surface area contributed by atoms with Crippen molar-refractivity contribution in [2.24, 2.45) is 17.8 Å². The Morgan fingerprint density at radius 3 is 2.30 bits per heavy atom. The van der Waals surface area contributed by atoms with Gasteiger partial charge in [-0.1, -0.05) is 12.1 Å². The molecule has 4 fully saturated rings. The molecule has 1 amide bonds. The standard InChI is InChI=1S/C24H26FNO4/c25-21-6-2-1-5-20(21)23(28)30-15-22(27)26(14-19-4-3-7-29-19)24-11-16-8-17(12-24)10-18(9-16)13-24/h1-7,16-18H,8-15H2. The number of carbonyl (C=O) groups excluding carboxylic acids is 2. The van der Waals surface area contributed by atoms with Crippen molar-refractivity contribution in [2.75, 3.05) is 6.61 Å². The molecule has 2 aromatic rings. The largest absolute Gasteiger partial charge is 0.467 e. The third-order valence-corrected chi connectivity index (χ3v) is 7.19. The Kier molecular flexibility index (Phi) is 4.88. The zero-order valence-electron chi connectivity index (χ0n) is 16.9. The van der Waals surface area contributed by atoms with Gasteiger partial charge in [-0.2, -0.15) is 0 Å². The highest BCUT2D eigenvalue weighted by molar-refractivity contribution is 5.91. The average molecular weight is 411 g/mol. The summed E-state index contributed by atoms with van der Waals surface area (Å²) in [6, 6.07) is 9.33. The van der Waals surface area contributed by atoms with E-state index in [1.807, 2.05) is 17.0 Å². The first-order valence-electron chi connectivity index (χ1n) is 10.8. The van der Waals surface area contributed by atoms with E-state index in [1.165, 1.54) is 37.5 Å². The van der Waals surface area contributed by atoms with E-state index in [9.17, 15) is 14.0 Å². The van der Waals surface area contributed by atoms with Gasteiger partial charge >= 0.3 is 5.97 Å². The van der Waals surface area contributed by atoms with Crippen molar-refractivity contribution >= 4 is 11.9 Å². The Labute approximate surface area is 175 Å². The smallest absolute Gasteiger partial charge is 0.341 e. The maximum absolute atomic E-state index is 13.9. The number of carbonyl (C=O) groups is 2. The summed E-state index contributed by atoms with van der Waals surface area (Å²) in [6.07, 6.45) is 8.43. The fourth-order valence-electron chi connectivity index (χ4n) is 6.38. The molecule has 0 saturated heterocycles. The normalized spacial score (nSPS) is 29.0. The van der Waals surface area contributed by atoms with Gasteiger partial charge in [0.1, 0.15) is 11.6 Å². The number of nitrogens with zero attached hydrogens (tertiary/aromatic N) is 1. The molecular weight excluding hydrogens is 385 g/mol. The number of esters is 1. The first-order chi connectivity index (χ1) is 14.5. The van der Waals surface area contributed by atoms with Crippen LogP contribution in [0.4, 0.5) is 4.39 Å². The molecule has 0 unspecified atom stereocenters. The van der Waals surface area contributed by atoms with E-state index in [0.29, 0.717) is 24.3 Å². The highest BCUT2D eigenvalue weighted by Gasteiger charge is 2.54. The summed E-state index contributed by atoms with van der Waals surface area (Å²) in [4.78, 5) is 27.5. The Balaban J connectivity index is 1.35. The minimum atomic E-state index is -0.815. The Morgan fingerprint density at radius 1 is 1.03 bits per heavy atom. The van der Waals surface area contributed by atoms with E-state index in [-0.39, 0.29) is 17.0 Å². The molecule has 0 aliphatic heterocycles. The molecule has 6 heteroatoms. The van der Waals surface area contributed by atoms with E-state index < -0.39 is 18.4 Å². The van der Waals surface area contributed by atoms with Crippen molar-refractivity contribution in [3.63, 3.8) is 0 Å². The van der Waals surface area contributed by atoms with E-state index >= 15 is 0 Å². The van der Waals surface area contributed by atoms with Crippen LogP contribution in [0.5, 0.6) is 0 Å². The number of benzene rings is 1. The first-order valence-corrected chi connectivity index (χ1v) is 10.8. The van der Waals surface area contributed by atoms with Crippen LogP contribution < -0.4 is 0 Å². The number of halogens is 1. The van der Waals surface area contributed by atoms with Crippen LogP contribution in [-0.2, 0) is 16.1 Å². The lowest BCUT2D eigenvalue weighted by molar-refractivity contribution is -0.156. The van der Waals surface area contributed by atoms with Crippen molar-refractivity contribution in [3.8, 4) is 0 Å². The maximum atomic E-state index is 13.9. The van der Waals surface area contributed by atoms with Crippen LogP contribution in [0.25, 0.3) is 0 Å². The highest BCUT2D eigenvalue weighted by Crippen LogP contribution is 2.58. The molecule has 0 spiro atoms. The lowest BCUT2D eigenvalue weighted by Gasteiger charge is -2.60. The summed E-state index contributed by atoms with van der Waals surface area (Å²) in [5.74, 6) is 1.03. The minimum Gasteiger partial charge on any atom is -0.467 e. The van der Waals surface area contributed by atoms with Gasteiger partial charge in [-0.3, -0.25) is 4.79 Å². The van der Waals surface area contributed by atoms with Gasteiger partial charge < -0.3 is 14.1 Å².